The maximum Gasteiger partial charge on any atom is 0.336 e. The number of Topliss-reactive ketones (excluding diaryl/α,β-unsaturated/α-hetero) is 1. The Balaban J connectivity index is 2.06. The largest absolute Gasteiger partial charge is 0.423 e. The van der Waals surface area contributed by atoms with Crippen LogP contribution in [0.5, 0.6) is 0 Å². The zero-order valence-corrected chi connectivity index (χ0v) is 22.0. The van der Waals surface area contributed by atoms with Gasteiger partial charge in [-0.05, 0) is 62.3 Å². The van der Waals surface area contributed by atoms with E-state index in [1.54, 1.807) is 18.2 Å². The molecule has 10 nitrogen and oxygen atoms in total. The van der Waals surface area contributed by atoms with Gasteiger partial charge in [-0.2, -0.15) is 0 Å². The molecule has 0 radical (unpaired) electrons. The molecule has 1 aromatic carbocycles. The van der Waals surface area contributed by atoms with Crippen molar-refractivity contribution in [1.29, 1.82) is 0 Å². The van der Waals surface area contributed by atoms with Crippen LogP contribution in [0, 0.1) is 12.8 Å². The second-order valence-corrected chi connectivity index (χ2v) is 9.73. The molecule has 0 aliphatic heterocycles. The summed E-state index contributed by atoms with van der Waals surface area (Å²) in [7, 11) is 0. The first kappa shape index (κ1) is 29.7. The number of unbranched alkanes of at least 4 members (excludes halogenated alkanes) is 1. The number of carbonyl (C=O) groups excluding carboxylic acids is 4. The number of fused-ring (bicyclic) bond motifs is 1. The number of hydrogen-bond donors (Lipinski definition) is 4. The molecule has 0 unspecified atom stereocenters. The number of aryl methyl sites for hydroxylation is 1. The van der Waals surface area contributed by atoms with Crippen LogP contribution in [0.15, 0.2) is 33.5 Å². The minimum absolute atomic E-state index is 0.0342. The third kappa shape index (κ3) is 9.80. The highest BCUT2D eigenvalue weighted by atomic mass is 16.4. The lowest BCUT2D eigenvalue weighted by Gasteiger charge is -2.21. The van der Waals surface area contributed by atoms with Gasteiger partial charge in [0.15, 0.2) is 5.78 Å². The van der Waals surface area contributed by atoms with Crippen molar-refractivity contribution in [3.8, 4) is 0 Å². The molecule has 0 fully saturated rings. The van der Waals surface area contributed by atoms with E-state index in [1.807, 2.05) is 20.8 Å². The number of benzene rings is 1. The SMILES string of the molecule is CC(=O)N[C@@H](CC(C)C)C(=O)NCC(=O)N[C@@H](CCCCN)C(=O)Cc1ccc2c(C)cc(=O)oc2c1. The molecule has 1 heterocycles. The fourth-order valence-electron chi connectivity index (χ4n) is 4.09. The Bertz CT molecular complexity index is 1170. The molecular weight excluding hydrogens is 476 g/mol. The lowest BCUT2D eigenvalue weighted by molar-refractivity contribution is -0.131. The van der Waals surface area contributed by atoms with Gasteiger partial charge in [-0.25, -0.2) is 4.79 Å². The molecule has 10 heteroatoms. The molecule has 2 rings (SSSR count). The van der Waals surface area contributed by atoms with Crippen LogP contribution in [0.25, 0.3) is 11.0 Å². The van der Waals surface area contributed by atoms with Crippen molar-refractivity contribution in [2.75, 3.05) is 13.1 Å². The maximum absolute atomic E-state index is 13.1. The summed E-state index contributed by atoms with van der Waals surface area (Å²) in [5.74, 6) is -1.35. The Morgan fingerprint density at radius 3 is 2.41 bits per heavy atom. The molecule has 3 amide bonds. The Kier molecular flexibility index (Phi) is 11.5. The quantitative estimate of drug-likeness (QED) is 0.219. The minimum atomic E-state index is -0.766. The van der Waals surface area contributed by atoms with Crippen LogP contribution >= 0.6 is 0 Å². The van der Waals surface area contributed by atoms with Gasteiger partial charge >= 0.3 is 5.63 Å². The molecule has 0 bridgehead atoms. The van der Waals surface area contributed by atoms with Crippen molar-refractivity contribution in [3.63, 3.8) is 0 Å². The highest BCUT2D eigenvalue weighted by Crippen LogP contribution is 2.19. The first-order chi connectivity index (χ1) is 17.5. The van der Waals surface area contributed by atoms with E-state index in [2.05, 4.69) is 16.0 Å². The van der Waals surface area contributed by atoms with Crippen molar-refractivity contribution in [3.05, 3.63) is 45.8 Å². The van der Waals surface area contributed by atoms with Gasteiger partial charge in [-0.15, -0.1) is 0 Å². The summed E-state index contributed by atoms with van der Waals surface area (Å²) in [6.45, 7) is 7.14. The normalized spacial score (nSPS) is 12.7. The van der Waals surface area contributed by atoms with Crippen molar-refractivity contribution in [2.24, 2.45) is 11.7 Å². The van der Waals surface area contributed by atoms with Crippen molar-refractivity contribution in [1.82, 2.24) is 16.0 Å². The molecular formula is C27H38N4O6. The van der Waals surface area contributed by atoms with Crippen LogP contribution in [0.2, 0.25) is 0 Å². The molecule has 2 aromatic rings. The third-order valence-electron chi connectivity index (χ3n) is 5.89. The molecule has 202 valence electrons. The average molecular weight is 515 g/mol. The molecule has 2 atom stereocenters. The first-order valence-electron chi connectivity index (χ1n) is 12.6. The van der Waals surface area contributed by atoms with Crippen molar-refractivity contribution in [2.45, 2.75) is 71.9 Å². The number of nitrogens with one attached hydrogen (secondary N) is 3. The predicted octanol–water partition coefficient (Wildman–Crippen LogP) is 1.49. The maximum atomic E-state index is 13.1. The second-order valence-electron chi connectivity index (χ2n) is 9.73. The van der Waals surface area contributed by atoms with Crippen LogP contribution in [0.4, 0.5) is 0 Å². The van der Waals surface area contributed by atoms with Gasteiger partial charge in [0.1, 0.15) is 11.6 Å². The molecule has 37 heavy (non-hydrogen) atoms. The molecule has 1 aromatic heterocycles. The Hall–Kier alpha value is -3.53. The number of carbonyl (C=O) groups is 4. The van der Waals surface area contributed by atoms with Crippen LogP contribution in [-0.4, -0.2) is 48.7 Å². The summed E-state index contributed by atoms with van der Waals surface area (Å²) in [6, 6.07) is 5.16. The summed E-state index contributed by atoms with van der Waals surface area (Å²) in [6.07, 6.45) is 2.21. The van der Waals surface area contributed by atoms with Crippen molar-refractivity contribution >= 4 is 34.5 Å². The first-order valence-corrected chi connectivity index (χ1v) is 12.6. The van der Waals surface area contributed by atoms with E-state index in [4.69, 9.17) is 10.2 Å². The predicted molar refractivity (Wildman–Crippen MR) is 141 cm³/mol. The van der Waals surface area contributed by atoms with Gasteiger partial charge in [0.2, 0.25) is 17.7 Å². The Labute approximate surface area is 216 Å². The van der Waals surface area contributed by atoms with E-state index in [1.165, 1.54) is 13.0 Å². The zero-order chi connectivity index (χ0) is 27.5. The van der Waals surface area contributed by atoms with E-state index in [9.17, 15) is 24.0 Å². The van der Waals surface area contributed by atoms with E-state index in [0.717, 1.165) is 10.9 Å². The van der Waals surface area contributed by atoms with E-state index >= 15 is 0 Å². The molecule has 0 spiro atoms. The zero-order valence-electron chi connectivity index (χ0n) is 22.0. The van der Waals surface area contributed by atoms with Crippen molar-refractivity contribution < 1.29 is 23.6 Å². The van der Waals surface area contributed by atoms with Gasteiger partial charge in [0.25, 0.3) is 0 Å². The summed E-state index contributed by atoms with van der Waals surface area (Å²) in [5.41, 5.74) is 6.97. The van der Waals surface area contributed by atoms with Crippen LogP contribution < -0.4 is 27.3 Å². The lowest BCUT2D eigenvalue weighted by atomic mass is 9.98. The van der Waals surface area contributed by atoms with E-state index < -0.39 is 29.5 Å². The van der Waals surface area contributed by atoms with Gasteiger partial charge in [-0.3, -0.25) is 19.2 Å². The summed E-state index contributed by atoms with van der Waals surface area (Å²) >= 11 is 0. The standard InChI is InChI=1S/C27H38N4O6/c1-16(2)11-22(30-18(4)32)27(36)29-15-25(34)31-21(7-5-6-10-28)23(33)13-19-8-9-20-17(3)12-26(35)37-24(20)14-19/h8-9,12,14,16,21-22H,5-7,10-11,13,15,28H2,1-4H3,(H,29,36)(H,30,32)(H,31,34)/t21-,22-/m0/s1. The summed E-state index contributed by atoms with van der Waals surface area (Å²) in [5, 5.41) is 8.65. The fraction of sp³-hybridized carbons (Fsp3) is 0.519. The smallest absolute Gasteiger partial charge is 0.336 e. The lowest BCUT2D eigenvalue weighted by Crippen LogP contribution is -2.51. The van der Waals surface area contributed by atoms with Crippen LogP contribution in [0.1, 0.15) is 57.6 Å². The minimum Gasteiger partial charge on any atom is -0.423 e. The Morgan fingerprint density at radius 1 is 1.03 bits per heavy atom. The number of amides is 3. The molecule has 0 saturated carbocycles. The summed E-state index contributed by atoms with van der Waals surface area (Å²) < 4.78 is 5.27. The Morgan fingerprint density at radius 2 is 1.76 bits per heavy atom. The van der Waals surface area contributed by atoms with Crippen LogP contribution in [0.3, 0.4) is 0 Å². The van der Waals surface area contributed by atoms with E-state index in [0.29, 0.717) is 43.4 Å². The molecule has 5 N–H and O–H groups in total. The molecule has 0 saturated heterocycles. The number of rotatable bonds is 14. The summed E-state index contributed by atoms with van der Waals surface area (Å²) in [4.78, 5) is 61.5. The van der Waals surface area contributed by atoms with Gasteiger partial charge < -0.3 is 26.1 Å². The van der Waals surface area contributed by atoms with Gasteiger partial charge in [-0.1, -0.05) is 26.0 Å². The number of ketones is 1. The van der Waals surface area contributed by atoms with Gasteiger partial charge in [0, 0.05) is 24.8 Å². The molecule has 0 aliphatic rings. The highest BCUT2D eigenvalue weighted by molar-refractivity contribution is 5.93. The van der Waals surface area contributed by atoms with Crippen LogP contribution in [-0.2, 0) is 25.6 Å². The second kappa shape index (κ2) is 14.3. The number of nitrogens with two attached hydrogens (primary N) is 1. The number of hydrogen-bond acceptors (Lipinski definition) is 7. The molecule has 0 aliphatic carbocycles. The third-order valence-corrected chi connectivity index (χ3v) is 5.89. The average Bonchev–Trinajstić information content (AvgIpc) is 2.80. The van der Waals surface area contributed by atoms with E-state index in [-0.39, 0.29) is 30.6 Å². The monoisotopic (exact) mass is 514 g/mol. The highest BCUT2D eigenvalue weighted by Gasteiger charge is 2.24. The fourth-order valence-corrected chi connectivity index (χ4v) is 4.09. The topological polar surface area (TPSA) is 161 Å². The van der Waals surface area contributed by atoms with Gasteiger partial charge in [0.05, 0.1) is 12.6 Å².